The predicted molar refractivity (Wildman–Crippen MR) is 235 cm³/mol. The molecule has 0 saturated heterocycles. The summed E-state index contributed by atoms with van der Waals surface area (Å²) in [6, 6.07) is 0. The number of allylic oxidation sites excluding steroid dienone is 6. The summed E-state index contributed by atoms with van der Waals surface area (Å²) in [5.41, 5.74) is 35.0. The van der Waals surface area contributed by atoms with Crippen LogP contribution >= 0.6 is 0 Å². The van der Waals surface area contributed by atoms with Crippen LogP contribution in [0.3, 0.4) is 0 Å². The molecular formula is C38H56F12N12O10. The number of unbranched alkanes of at least 4 members (excludes halogenated alkanes) is 2. The van der Waals surface area contributed by atoms with E-state index in [-0.39, 0.29) is 47.0 Å². The lowest BCUT2D eigenvalue weighted by molar-refractivity contribution is -0.193. The number of carbonyl (C=O) groups is 6. The molecule has 2 amide bonds. The Labute approximate surface area is 401 Å². The van der Waals surface area contributed by atoms with Crippen molar-refractivity contribution in [3.05, 3.63) is 47.1 Å². The molecular weight excluding hydrogens is 1010 g/mol. The number of nitrogens with one attached hydrogen (secondary N) is 2. The highest BCUT2D eigenvalue weighted by atomic mass is 19.4. The Morgan fingerprint density at radius 2 is 0.889 bits per heavy atom. The van der Waals surface area contributed by atoms with Crippen molar-refractivity contribution in [2.75, 3.05) is 26.2 Å². The molecule has 72 heavy (non-hydrogen) atoms. The third-order valence-corrected chi connectivity index (χ3v) is 7.99. The van der Waals surface area contributed by atoms with Gasteiger partial charge >= 0.3 is 48.6 Å². The van der Waals surface area contributed by atoms with Crippen molar-refractivity contribution in [1.29, 1.82) is 0 Å². The molecule has 0 fully saturated rings. The molecule has 0 radical (unpaired) electrons. The lowest BCUT2D eigenvalue weighted by Gasteiger charge is -2.36. The van der Waals surface area contributed by atoms with Crippen molar-refractivity contribution < 1.29 is 102 Å². The second-order valence-corrected chi connectivity index (χ2v) is 14.3. The highest BCUT2D eigenvalue weighted by Gasteiger charge is 2.40. The van der Waals surface area contributed by atoms with E-state index in [1.807, 2.05) is 12.2 Å². The first-order valence-electron chi connectivity index (χ1n) is 19.8. The van der Waals surface area contributed by atoms with E-state index >= 15 is 0 Å². The molecule has 22 nitrogen and oxygen atoms in total. The molecule has 0 spiro atoms. The van der Waals surface area contributed by atoms with Gasteiger partial charge in [-0.25, -0.2) is 19.2 Å². The number of amides is 2. The Morgan fingerprint density at radius 3 is 1.18 bits per heavy atom. The molecule has 0 aliphatic heterocycles. The van der Waals surface area contributed by atoms with Gasteiger partial charge in [-0.05, 0) is 64.7 Å². The maximum atomic E-state index is 12.8. The van der Waals surface area contributed by atoms with Gasteiger partial charge in [0.15, 0.2) is 23.8 Å². The Morgan fingerprint density at radius 1 is 0.597 bits per heavy atom. The Balaban J connectivity index is -0.000000660. The topological polar surface area (TPSA) is 413 Å². The van der Waals surface area contributed by atoms with Crippen LogP contribution in [0.15, 0.2) is 67.1 Å². The van der Waals surface area contributed by atoms with Gasteiger partial charge in [-0.1, -0.05) is 42.9 Å². The van der Waals surface area contributed by atoms with Crippen molar-refractivity contribution in [1.82, 2.24) is 10.6 Å². The highest BCUT2D eigenvalue weighted by molar-refractivity contribution is 6.05. The number of carboxylic acid groups (broad SMARTS) is 4. The van der Waals surface area contributed by atoms with Crippen molar-refractivity contribution >= 4 is 59.5 Å². The number of aliphatic imine (C=N–C) groups is 4. The maximum absolute atomic E-state index is 12.8. The van der Waals surface area contributed by atoms with Crippen LogP contribution in [0.1, 0.15) is 66.2 Å². The van der Waals surface area contributed by atoms with E-state index in [1.165, 1.54) is 5.57 Å². The number of halogens is 12. The van der Waals surface area contributed by atoms with Gasteiger partial charge < -0.3 is 54.8 Å². The number of carbonyl (C=O) groups excluding carboxylic acids is 2. The van der Waals surface area contributed by atoms with Gasteiger partial charge in [0.1, 0.15) is 0 Å². The monoisotopic (exact) mass is 1070 g/mol. The maximum Gasteiger partial charge on any atom is 0.490 e. The van der Waals surface area contributed by atoms with Gasteiger partial charge in [0.05, 0.1) is 0 Å². The molecule has 0 aromatic rings. The fourth-order valence-electron chi connectivity index (χ4n) is 4.25. The number of rotatable bonds is 15. The number of alkyl halides is 12. The summed E-state index contributed by atoms with van der Waals surface area (Å²) in [6.45, 7) is 9.62. The molecule has 1 rings (SSSR count). The van der Waals surface area contributed by atoms with Crippen LogP contribution in [0.25, 0.3) is 0 Å². The summed E-state index contributed by atoms with van der Waals surface area (Å²) in [5, 5.41) is 33.8. The summed E-state index contributed by atoms with van der Waals surface area (Å²) >= 11 is 0. The van der Waals surface area contributed by atoms with E-state index in [4.69, 9.17) is 74.0 Å². The summed E-state index contributed by atoms with van der Waals surface area (Å²) in [4.78, 5) is 77.2. The average Bonchev–Trinajstić information content (AvgIpc) is 3.21. The van der Waals surface area contributed by atoms with E-state index in [9.17, 15) is 62.3 Å². The van der Waals surface area contributed by atoms with Crippen LogP contribution in [-0.2, 0) is 28.8 Å². The summed E-state index contributed by atoms with van der Waals surface area (Å²) in [7, 11) is 0. The van der Waals surface area contributed by atoms with Crippen molar-refractivity contribution in [3.8, 4) is 0 Å². The fraction of sp³-hybridized carbons (Fsp3) is 0.526. The van der Waals surface area contributed by atoms with Gasteiger partial charge in [-0.3, -0.25) is 40.2 Å². The largest absolute Gasteiger partial charge is 0.490 e. The van der Waals surface area contributed by atoms with E-state index in [2.05, 4.69) is 56.6 Å². The summed E-state index contributed by atoms with van der Waals surface area (Å²) in [6.07, 6.45) is -5.73. The van der Waals surface area contributed by atoms with Crippen LogP contribution in [0, 0.1) is 11.3 Å². The van der Waals surface area contributed by atoms with Crippen LogP contribution in [-0.4, -0.2) is 131 Å². The predicted octanol–water partition coefficient (Wildman–Crippen LogP) is 3.30. The van der Waals surface area contributed by atoms with Gasteiger partial charge in [0.25, 0.3) is 11.8 Å². The van der Waals surface area contributed by atoms with Crippen molar-refractivity contribution in [3.63, 3.8) is 0 Å². The van der Waals surface area contributed by atoms with Crippen LogP contribution in [0.4, 0.5) is 52.7 Å². The number of aliphatic carboxylic acids is 4. The van der Waals surface area contributed by atoms with Crippen molar-refractivity contribution in [2.45, 2.75) is 90.9 Å². The smallest absolute Gasteiger partial charge is 0.475 e. The van der Waals surface area contributed by atoms with Crippen LogP contribution in [0.5, 0.6) is 0 Å². The van der Waals surface area contributed by atoms with Crippen molar-refractivity contribution in [2.24, 2.45) is 65.7 Å². The second-order valence-electron chi connectivity index (χ2n) is 14.3. The number of nitrogens with zero attached hydrogens (tertiary/aromatic N) is 4. The minimum atomic E-state index is -5.08. The third-order valence-electron chi connectivity index (χ3n) is 7.99. The first-order valence-corrected chi connectivity index (χ1v) is 19.8. The Hall–Kier alpha value is -7.58. The molecule has 18 N–H and O–H groups in total. The number of carboxylic acids is 4. The van der Waals surface area contributed by atoms with Gasteiger partial charge in [-0.2, -0.15) is 52.7 Å². The number of guanidine groups is 4. The molecule has 0 unspecified atom stereocenters. The fourth-order valence-corrected chi connectivity index (χ4v) is 4.25. The Bertz CT molecular complexity index is 1940. The van der Waals surface area contributed by atoms with Gasteiger partial charge in [0, 0.05) is 43.2 Å². The quantitative estimate of drug-likeness (QED) is 0.0213. The number of hydrogen-bond donors (Lipinski definition) is 12. The van der Waals surface area contributed by atoms with Crippen LogP contribution in [0.2, 0.25) is 0 Å². The minimum absolute atomic E-state index is 0.0377. The SMILES string of the molecule is CC1=C[C@@H](/C=C(\C)C(=O)NC(N)=NCCCCN=C(N)N)[C@@](C)(/C=C/C=C(\C)C(=O)NC(N)=NCCCCN=C(N)N)CC1.O=C(O)C(F)(F)F.O=C(O)C(F)(F)F.O=C(O)C(F)(F)F.O=C(O)C(F)(F)F. The van der Waals surface area contributed by atoms with E-state index in [1.54, 1.807) is 19.9 Å². The summed E-state index contributed by atoms with van der Waals surface area (Å²) < 4.78 is 127. The average molecular weight is 1070 g/mol. The third kappa shape index (κ3) is 39.3. The van der Waals surface area contributed by atoms with Crippen LogP contribution < -0.4 is 45.0 Å². The van der Waals surface area contributed by atoms with E-state index < -0.39 is 48.6 Å². The lowest BCUT2D eigenvalue weighted by atomic mass is 9.68. The zero-order valence-corrected chi connectivity index (χ0v) is 38.6. The standard InChI is InChI=1S/C30H52N12O2.4C2HF3O2/c1-20-11-13-30(4,12-9-10-21(2)24(43)41-28(35)39-16-7-5-14-37-26(31)32)23(18-20)19-22(3)25(44)42-29(36)40-17-8-6-15-38-27(33)34;4*3-2(4,5)1(6)7/h9-10,12,18-19,23H,5-8,11,13-17H2,1-4H3,(H4,31,32,37)(H4,33,34,38)(H3,35,39,41,43)(H3,36,40,42,44);4*(H,6,7)/b12-9+,21-10+,22-19+;;;;/t23-,30-;;;;/m0..../s1. The lowest BCUT2D eigenvalue weighted by Crippen LogP contribution is -2.38. The van der Waals surface area contributed by atoms with Gasteiger partial charge in [0.2, 0.25) is 0 Å². The first kappa shape index (κ1) is 71.0. The zero-order valence-electron chi connectivity index (χ0n) is 38.6. The molecule has 1 aliphatic carbocycles. The molecule has 0 heterocycles. The van der Waals surface area contributed by atoms with E-state index in [0.717, 1.165) is 38.5 Å². The molecule has 0 aromatic carbocycles. The molecule has 0 saturated carbocycles. The number of nitrogens with two attached hydrogens (primary N) is 6. The summed E-state index contributed by atoms with van der Waals surface area (Å²) in [5.74, 6) is -11.5. The normalized spacial score (nSPS) is 16.4. The highest BCUT2D eigenvalue weighted by Crippen LogP contribution is 2.42. The molecule has 412 valence electrons. The first-order chi connectivity index (χ1) is 32.5. The molecule has 34 heteroatoms. The second kappa shape index (κ2) is 33.9. The number of hydrogen-bond acceptors (Lipinski definition) is 10. The molecule has 0 bridgehead atoms. The molecule has 1 aliphatic rings. The Kier molecular flexibility index (Phi) is 33.4. The van der Waals surface area contributed by atoms with Gasteiger partial charge in [-0.15, -0.1) is 0 Å². The minimum Gasteiger partial charge on any atom is -0.475 e. The molecule has 0 aromatic heterocycles. The zero-order chi connectivity index (χ0) is 57.4. The molecule has 2 atom stereocenters. The van der Waals surface area contributed by atoms with E-state index in [0.29, 0.717) is 37.3 Å².